The second kappa shape index (κ2) is 46.3. The molecule has 0 aromatic carbocycles. The monoisotopic (exact) mass is 765 g/mol. The third-order valence-corrected chi connectivity index (χ3v) is 11.1. The second-order valence-electron chi connectivity index (χ2n) is 16.7. The van der Waals surface area contributed by atoms with Crippen molar-refractivity contribution in [1.82, 2.24) is 0 Å². The molecule has 322 valence electrons. The van der Waals surface area contributed by atoms with Crippen LogP contribution in [0.3, 0.4) is 0 Å². The Bertz CT molecular complexity index is 740. The molecule has 0 aliphatic heterocycles. The summed E-state index contributed by atoms with van der Waals surface area (Å²) in [6, 6.07) is 0. The first-order chi connectivity index (χ1) is 26.6. The Labute approximate surface area is 338 Å². The smallest absolute Gasteiger partial charge is 0.306 e. The van der Waals surface area contributed by atoms with Crippen molar-refractivity contribution in [3.63, 3.8) is 0 Å². The minimum absolute atomic E-state index is 0.0967. The number of hydrogen-bond acceptors (Lipinski definition) is 5. The number of unbranched alkanes of at least 4 members (excludes halogenated alkanes) is 35. The highest BCUT2D eigenvalue weighted by Gasteiger charge is 2.17. The normalized spacial score (nSPS) is 12.0. The summed E-state index contributed by atoms with van der Waals surface area (Å²) in [5.74, 6) is -0.378. The predicted octanol–water partition coefficient (Wildman–Crippen LogP) is 16.1. The number of rotatable bonds is 46. The molecular formula is C49H96O5. The fourth-order valence-electron chi connectivity index (χ4n) is 7.45. The molecule has 0 aliphatic carbocycles. The minimum Gasteiger partial charge on any atom is -0.462 e. The Hall–Kier alpha value is -1.10. The van der Waals surface area contributed by atoms with Gasteiger partial charge in [0.25, 0.3) is 0 Å². The molecule has 5 nitrogen and oxygen atoms in total. The molecule has 0 rings (SSSR count). The van der Waals surface area contributed by atoms with Gasteiger partial charge in [-0.2, -0.15) is 0 Å². The maximum atomic E-state index is 12.7. The molecule has 0 saturated carbocycles. The van der Waals surface area contributed by atoms with Crippen molar-refractivity contribution in [2.45, 2.75) is 284 Å². The van der Waals surface area contributed by atoms with Crippen LogP contribution >= 0.6 is 0 Å². The van der Waals surface area contributed by atoms with E-state index in [0.717, 1.165) is 32.1 Å². The van der Waals surface area contributed by atoms with Crippen LogP contribution in [0.2, 0.25) is 0 Å². The lowest BCUT2D eigenvalue weighted by Gasteiger charge is -2.18. The van der Waals surface area contributed by atoms with Gasteiger partial charge in [-0.15, -0.1) is 0 Å². The molecule has 0 saturated heterocycles. The summed E-state index contributed by atoms with van der Waals surface area (Å²) in [7, 11) is 0. The van der Waals surface area contributed by atoms with Crippen LogP contribution in [0.4, 0.5) is 0 Å². The summed E-state index contributed by atoms with van der Waals surface area (Å²) < 4.78 is 17.3. The van der Waals surface area contributed by atoms with Crippen molar-refractivity contribution >= 4 is 11.9 Å². The second-order valence-corrected chi connectivity index (χ2v) is 16.7. The predicted molar refractivity (Wildman–Crippen MR) is 233 cm³/mol. The van der Waals surface area contributed by atoms with Gasteiger partial charge in [0.15, 0.2) is 6.10 Å². The first-order valence-corrected chi connectivity index (χ1v) is 24.6. The van der Waals surface area contributed by atoms with E-state index in [2.05, 4.69) is 20.8 Å². The first-order valence-electron chi connectivity index (χ1n) is 24.6. The summed E-state index contributed by atoms with van der Waals surface area (Å²) in [5, 5.41) is 0. The zero-order chi connectivity index (χ0) is 39.3. The van der Waals surface area contributed by atoms with Crippen LogP contribution in [-0.2, 0) is 23.8 Å². The van der Waals surface area contributed by atoms with E-state index in [-0.39, 0.29) is 18.5 Å². The zero-order valence-corrected chi connectivity index (χ0v) is 37.0. The van der Waals surface area contributed by atoms with E-state index in [1.54, 1.807) is 0 Å². The van der Waals surface area contributed by atoms with Crippen molar-refractivity contribution in [3.8, 4) is 0 Å². The van der Waals surface area contributed by atoms with Gasteiger partial charge in [0.1, 0.15) is 6.61 Å². The molecule has 1 unspecified atom stereocenters. The highest BCUT2D eigenvalue weighted by atomic mass is 16.6. The zero-order valence-electron chi connectivity index (χ0n) is 37.0. The number of hydrogen-bond donors (Lipinski definition) is 0. The average molecular weight is 765 g/mol. The molecular weight excluding hydrogens is 669 g/mol. The Morgan fingerprint density at radius 1 is 0.333 bits per heavy atom. The maximum Gasteiger partial charge on any atom is 0.306 e. The molecule has 0 amide bonds. The van der Waals surface area contributed by atoms with Gasteiger partial charge in [-0.05, 0) is 19.3 Å². The molecule has 0 aliphatic rings. The van der Waals surface area contributed by atoms with Crippen molar-refractivity contribution in [3.05, 3.63) is 0 Å². The lowest BCUT2D eigenvalue weighted by atomic mass is 10.0. The van der Waals surface area contributed by atoms with Crippen LogP contribution in [0.1, 0.15) is 278 Å². The van der Waals surface area contributed by atoms with Crippen molar-refractivity contribution < 1.29 is 23.8 Å². The van der Waals surface area contributed by atoms with Crippen LogP contribution in [0.5, 0.6) is 0 Å². The van der Waals surface area contributed by atoms with Gasteiger partial charge in [0.2, 0.25) is 0 Å². The highest BCUT2D eigenvalue weighted by Crippen LogP contribution is 2.16. The topological polar surface area (TPSA) is 61.8 Å². The van der Waals surface area contributed by atoms with E-state index in [1.165, 1.54) is 212 Å². The number of carbonyl (C=O) groups is 2. The quantitative estimate of drug-likeness (QED) is 0.0456. The molecule has 0 heterocycles. The Kier molecular flexibility index (Phi) is 45.3. The number of esters is 2. The molecule has 1 atom stereocenters. The lowest BCUT2D eigenvalue weighted by molar-refractivity contribution is -0.163. The van der Waals surface area contributed by atoms with Gasteiger partial charge < -0.3 is 14.2 Å². The molecule has 0 fully saturated rings. The van der Waals surface area contributed by atoms with Crippen LogP contribution in [-0.4, -0.2) is 37.9 Å². The SMILES string of the molecule is CCCCCCCCCCCCCCCCCCCCCC(=O)OCC(COCCCCCCCCCCCC)OC(=O)CCCCCCCCCCC. The summed E-state index contributed by atoms with van der Waals surface area (Å²) in [6.45, 7) is 7.87. The van der Waals surface area contributed by atoms with E-state index in [4.69, 9.17) is 14.2 Å². The van der Waals surface area contributed by atoms with E-state index in [9.17, 15) is 9.59 Å². The highest BCUT2D eigenvalue weighted by molar-refractivity contribution is 5.70. The maximum absolute atomic E-state index is 12.7. The van der Waals surface area contributed by atoms with Crippen LogP contribution in [0, 0.1) is 0 Å². The van der Waals surface area contributed by atoms with Gasteiger partial charge in [-0.1, -0.05) is 245 Å². The van der Waals surface area contributed by atoms with Crippen LogP contribution in [0.15, 0.2) is 0 Å². The number of ether oxygens (including phenoxy) is 3. The Morgan fingerprint density at radius 2 is 0.611 bits per heavy atom. The molecule has 54 heavy (non-hydrogen) atoms. The van der Waals surface area contributed by atoms with Gasteiger partial charge >= 0.3 is 11.9 Å². The van der Waals surface area contributed by atoms with E-state index < -0.39 is 6.10 Å². The molecule has 0 bridgehead atoms. The van der Waals surface area contributed by atoms with Gasteiger partial charge in [-0.3, -0.25) is 9.59 Å². The molecule has 0 radical (unpaired) electrons. The summed E-state index contributed by atoms with van der Waals surface area (Å²) in [6.07, 6.45) is 49.7. The average Bonchev–Trinajstić information content (AvgIpc) is 3.17. The van der Waals surface area contributed by atoms with E-state index in [0.29, 0.717) is 26.1 Å². The molecule has 5 heteroatoms. The standard InChI is InChI=1S/C49H96O5/c1-4-7-10-13-16-19-21-22-23-24-25-26-27-28-29-31-33-36-39-42-48(50)53-46-47(45-52-44-41-38-35-32-20-17-14-11-8-5-2)54-49(51)43-40-37-34-30-18-15-12-9-6-3/h47H,4-46H2,1-3H3. The van der Waals surface area contributed by atoms with Crippen molar-refractivity contribution in [1.29, 1.82) is 0 Å². The fourth-order valence-corrected chi connectivity index (χ4v) is 7.45. The van der Waals surface area contributed by atoms with Crippen molar-refractivity contribution in [2.24, 2.45) is 0 Å². The van der Waals surface area contributed by atoms with E-state index >= 15 is 0 Å². The summed E-state index contributed by atoms with van der Waals surface area (Å²) in [4.78, 5) is 25.2. The molecule has 0 aromatic heterocycles. The Morgan fingerprint density at radius 3 is 0.944 bits per heavy atom. The van der Waals surface area contributed by atoms with Gasteiger partial charge in [0, 0.05) is 19.4 Å². The first kappa shape index (κ1) is 52.9. The Balaban J connectivity index is 4.05. The largest absolute Gasteiger partial charge is 0.462 e. The van der Waals surface area contributed by atoms with Crippen molar-refractivity contribution in [2.75, 3.05) is 19.8 Å². The van der Waals surface area contributed by atoms with Crippen LogP contribution < -0.4 is 0 Å². The van der Waals surface area contributed by atoms with Crippen LogP contribution in [0.25, 0.3) is 0 Å². The molecule has 0 spiro atoms. The van der Waals surface area contributed by atoms with E-state index in [1.807, 2.05) is 0 Å². The fraction of sp³-hybridized carbons (Fsp3) is 0.959. The molecule has 0 N–H and O–H groups in total. The van der Waals surface area contributed by atoms with Gasteiger partial charge in [0.05, 0.1) is 6.61 Å². The third-order valence-electron chi connectivity index (χ3n) is 11.1. The lowest BCUT2D eigenvalue weighted by Crippen LogP contribution is -2.30. The van der Waals surface area contributed by atoms with Gasteiger partial charge in [-0.25, -0.2) is 0 Å². The summed E-state index contributed by atoms with van der Waals surface area (Å²) >= 11 is 0. The minimum atomic E-state index is -0.520. The number of carbonyl (C=O) groups excluding carboxylic acids is 2. The molecule has 0 aromatic rings. The summed E-state index contributed by atoms with van der Waals surface area (Å²) in [5.41, 5.74) is 0. The third kappa shape index (κ3) is 43.6.